The van der Waals surface area contributed by atoms with Gasteiger partial charge < -0.3 is 9.84 Å². The second-order valence-corrected chi connectivity index (χ2v) is 5.29. The molecule has 0 saturated heterocycles. The van der Waals surface area contributed by atoms with E-state index < -0.39 is 6.10 Å². The SMILES string of the molecule is COC1(C(O)c2sccc2C)CCCC1. The summed E-state index contributed by atoms with van der Waals surface area (Å²) in [5.74, 6) is 0. The van der Waals surface area contributed by atoms with Gasteiger partial charge in [-0.2, -0.15) is 0 Å². The molecule has 1 N–H and O–H groups in total. The van der Waals surface area contributed by atoms with Crippen molar-refractivity contribution in [2.45, 2.75) is 44.3 Å². The third kappa shape index (κ3) is 1.84. The third-order valence-corrected chi connectivity index (χ3v) is 4.58. The molecule has 3 heteroatoms. The van der Waals surface area contributed by atoms with E-state index in [4.69, 9.17) is 4.74 Å². The van der Waals surface area contributed by atoms with Crippen molar-refractivity contribution in [1.29, 1.82) is 0 Å². The van der Waals surface area contributed by atoms with Crippen molar-refractivity contribution in [3.05, 3.63) is 21.9 Å². The summed E-state index contributed by atoms with van der Waals surface area (Å²) in [4.78, 5) is 1.07. The van der Waals surface area contributed by atoms with E-state index in [-0.39, 0.29) is 5.60 Å². The highest BCUT2D eigenvalue weighted by molar-refractivity contribution is 7.10. The van der Waals surface area contributed by atoms with E-state index in [0.717, 1.165) is 30.6 Å². The lowest BCUT2D eigenvalue weighted by atomic mass is 9.92. The van der Waals surface area contributed by atoms with Crippen LogP contribution in [0.5, 0.6) is 0 Å². The van der Waals surface area contributed by atoms with Crippen LogP contribution in [0.25, 0.3) is 0 Å². The third-order valence-electron chi connectivity index (χ3n) is 3.50. The van der Waals surface area contributed by atoms with Crippen molar-refractivity contribution in [2.75, 3.05) is 7.11 Å². The summed E-state index contributed by atoms with van der Waals surface area (Å²) in [6.07, 6.45) is 3.82. The van der Waals surface area contributed by atoms with E-state index in [2.05, 4.69) is 6.07 Å². The Balaban J connectivity index is 2.26. The second-order valence-electron chi connectivity index (χ2n) is 4.35. The number of thiophene rings is 1. The van der Waals surface area contributed by atoms with Crippen LogP contribution < -0.4 is 0 Å². The van der Waals surface area contributed by atoms with Gasteiger partial charge in [0, 0.05) is 12.0 Å². The smallest absolute Gasteiger partial charge is 0.117 e. The Morgan fingerprint density at radius 3 is 2.60 bits per heavy atom. The van der Waals surface area contributed by atoms with Crippen LogP contribution in [0.3, 0.4) is 0 Å². The number of aliphatic hydroxyl groups is 1. The first-order chi connectivity index (χ1) is 7.19. The molecule has 1 aromatic rings. The van der Waals surface area contributed by atoms with Crippen LogP contribution in [0.4, 0.5) is 0 Å². The molecule has 0 bridgehead atoms. The van der Waals surface area contributed by atoms with Gasteiger partial charge in [-0.15, -0.1) is 11.3 Å². The van der Waals surface area contributed by atoms with Crippen LogP contribution in [0.15, 0.2) is 11.4 Å². The molecule has 1 aliphatic rings. The molecular weight excluding hydrogens is 208 g/mol. The van der Waals surface area contributed by atoms with Crippen LogP contribution in [0.1, 0.15) is 42.2 Å². The van der Waals surface area contributed by atoms with Crippen molar-refractivity contribution in [3.63, 3.8) is 0 Å². The molecule has 1 fully saturated rings. The Kier molecular flexibility index (Phi) is 3.14. The predicted molar refractivity (Wildman–Crippen MR) is 62.2 cm³/mol. The van der Waals surface area contributed by atoms with Gasteiger partial charge >= 0.3 is 0 Å². The van der Waals surface area contributed by atoms with Crippen molar-refractivity contribution < 1.29 is 9.84 Å². The zero-order valence-electron chi connectivity index (χ0n) is 9.32. The van der Waals surface area contributed by atoms with Gasteiger partial charge in [0.2, 0.25) is 0 Å². The van der Waals surface area contributed by atoms with E-state index >= 15 is 0 Å². The summed E-state index contributed by atoms with van der Waals surface area (Å²) in [7, 11) is 1.72. The summed E-state index contributed by atoms with van der Waals surface area (Å²) >= 11 is 1.63. The van der Waals surface area contributed by atoms with Crippen molar-refractivity contribution in [1.82, 2.24) is 0 Å². The summed E-state index contributed by atoms with van der Waals surface area (Å²) in [5, 5.41) is 12.5. The fourth-order valence-corrected chi connectivity index (χ4v) is 3.48. The molecule has 0 spiro atoms. The van der Waals surface area contributed by atoms with Crippen LogP contribution in [-0.4, -0.2) is 17.8 Å². The minimum Gasteiger partial charge on any atom is -0.385 e. The molecule has 0 aromatic carbocycles. The average molecular weight is 226 g/mol. The Morgan fingerprint density at radius 1 is 1.47 bits per heavy atom. The maximum atomic E-state index is 10.4. The number of hydrogen-bond acceptors (Lipinski definition) is 3. The maximum Gasteiger partial charge on any atom is 0.117 e. The van der Waals surface area contributed by atoms with Crippen LogP contribution in [0, 0.1) is 6.92 Å². The molecule has 1 aromatic heterocycles. The minimum absolute atomic E-state index is 0.324. The summed E-state index contributed by atoms with van der Waals surface area (Å²) in [5.41, 5.74) is 0.853. The van der Waals surface area contributed by atoms with Gasteiger partial charge in [0.1, 0.15) is 6.10 Å². The molecule has 84 valence electrons. The first-order valence-electron chi connectivity index (χ1n) is 5.47. The molecule has 0 radical (unpaired) electrons. The molecule has 0 amide bonds. The van der Waals surface area contributed by atoms with Gasteiger partial charge in [-0.25, -0.2) is 0 Å². The van der Waals surface area contributed by atoms with Gasteiger partial charge in [-0.05, 0) is 36.8 Å². The highest BCUT2D eigenvalue weighted by Gasteiger charge is 2.42. The van der Waals surface area contributed by atoms with E-state index in [1.165, 1.54) is 5.56 Å². The normalized spacial score (nSPS) is 21.8. The Bertz CT molecular complexity index is 326. The lowest BCUT2D eigenvalue weighted by Crippen LogP contribution is -2.35. The van der Waals surface area contributed by atoms with Gasteiger partial charge in [0.15, 0.2) is 0 Å². The van der Waals surface area contributed by atoms with E-state index in [0.29, 0.717) is 0 Å². The lowest BCUT2D eigenvalue weighted by Gasteiger charge is -2.32. The largest absolute Gasteiger partial charge is 0.385 e. The molecule has 2 nitrogen and oxygen atoms in total. The van der Waals surface area contributed by atoms with Crippen molar-refractivity contribution in [3.8, 4) is 0 Å². The van der Waals surface area contributed by atoms with Crippen LogP contribution in [0.2, 0.25) is 0 Å². The number of hydrogen-bond donors (Lipinski definition) is 1. The minimum atomic E-state index is -0.454. The Hall–Kier alpha value is -0.380. The van der Waals surface area contributed by atoms with Crippen LogP contribution in [-0.2, 0) is 4.74 Å². The first-order valence-corrected chi connectivity index (χ1v) is 6.35. The zero-order valence-corrected chi connectivity index (χ0v) is 10.1. The predicted octanol–water partition coefficient (Wildman–Crippen LogP) is 3.05. The summed E-state index contributed by atoms with van der Waals surface area (Å²) in [6, 6.07) is 2.06. The van der Waals surface area contributed by atoms with Gasteiger partial charge in [0.25, 0.3) is 0 Å². The average Bonchev–Trinajstić information content (AvgIpc) is 2.86. The van der Waals surface area contributed by atoms with E-state index in [1.807, 2.05) is 12.3 Å². The fraction of sp³-hybridized carbons (Fsp3) is 0.667. The molecule has 1 saturated carbocycles. The van der Waals surface area contributed by atoms with Gasteiger partial charge in [0.05, 0.1) is 5.60 Å². The lowest BCUT2D eigenvalue weighted by molar-refractivity contribution is -0.0989. The Labute approximate surface area is 94.9 Å². The van der Waals surface area contributed by atoms with E-state index in [9.17, 15) is 5.11 Å². The highest BCUT2D eigenvalue weighted by Crippen LogP contribution is 2.44. The number of ether oxygens (including phenoxy) is 1. The quantitative estimate of drug-likeness (QED) is 0.858. The molecule has 1 atom stereocenters. The van der Waals surface area contributed by atoms with Crippen molar-refractivity contribution in [2.24, 2.45) is 0 Å². The molecule has 2 rings (SSSR count). The molecule has 1 aliphatic carbocycles. The number of aliphatic hydroxyl groups excluding tert-OH is 1. The monoisotopic (exact) mass is 226 g/mol. The molecule has 1 heterocycles. The highest BCUT2D eigenvalue weighted by atomic mass is 32.1. The van der Waals surface area contributed by atoms with Crippen molar-refractivity contribution >= 4 is 11.3 Å². The van der Waals surface area contributed by atoms with Crippen LogP contribution >= 0.6 is 11.3 Å². The molecule has 15 heavy (non-hydrogen) atoms. The molecular formula is C12H18O2S. The second kappa shape index (κ2) is 4.24. The molecule has 1 unspecified atom stereocenters. The molecule has 0 aliphatic heterocycles. The standard InChI is InChI=1S/C12H18O2S/c1-9-5-8-15-10(9)11(13)12(14-2)6-3-4-7-12/h5,8,11,13H,3-4,6-7H2,1-2H3. The fourth-order valence-electron chi connectivity index (χ4n) is 2.47. The first kappa shape index (κ1) is 11.1. The zero-order chi connectivity index (χ0) is 10.9. The van der Waals surface area contributed by atoms with E-state index in [1.54, 1.807) is 18.4 Å². The summed E-state index contributed by atoms with van der Waals surface area (Å²) < 4.78 is 5.60. The van der Waals surface area contributed by atoms with Gasteiger partial charge in [-0.3, -0.25) is 0 Å². The number of aryl methyl sites for hydroxylation is 1. The summed E-state index contributed by atoms with van der Waals surface area (Å²) in [6.45, 7) is 2.05. The maximum absolute atomic E-state index is 10.4. The number of rotatable bonds is 3. The van der Waals surface area contributed by atoms with Gasteiger partial charge in [-0.1, -0.05) is 12.8 Å². The number of methoxy groups -OCH3 is 1. The Morgan fingerprint density at radius 2 is 2.13 bits per heavy atom. The topological polar surface area (TPSA) is 29.5 Å².